The largest absolute Gasteiger partial charge is 0.0942 e. The molecule has 0 amide bonds. The molecule has 0 heteroatoms. The van der Waals surface area contributed by atoms with Gasteiger partial charge in [0.05, 0.1) is 5.57 Å². The molecule has 0 aromatic carbocycles. The molecule has 0 radical (unpaired) electrons. The van der Waals surface area contributed by atoms with Crippen LogP contribution in [0.2, 0.25) is 0 Å². The third-order valence-corrected chi connectivity index (χ3v) is 1.74. The van der Waals surface area contributed by atoms with E-state index in [0.29, 0.717) is 0 Å². The van der Waals surface area contributed by atoms with Crippen molar-refractivity contribution in [2.75, 3.05) is 0 Å². The van der Waals surface area contributed by atoms with Crippen LogP contribution in [0.4, 0.5) is 0 Å². The second-order valence-corrected chi connectivity index (χ2v) is 2.65. The summed E-state index contributed by atoms with van der Waals surface area (Å²) < 4.78 is 0. The summed E-state index contributed by atoms with van der Waals surface area (Å²) in [4.78, 5) is 0. The summed E-state index contributed by atoms with van der Waals surface area (Å²) in [5, 5.41) is 0. The molecule has 0 spiro atoms. The van der Waals surface area contributed by atoms with Crippen molar-refractivity contribution in [2.45, 2.75) is 20.8 Å². The smallest absolute Gasteiger partial charge is 0.0110 e. The molecule has 0 N–H and O–H groups in total. The highest BCUT2D eigenvalue weighted by atomic mass is 14.1. The molecule has 0 aromatic heterocycles. The predicted molar refractivity (Wildman–Crippen MR) is 45.6 cm³/mol. The van der Waals surface area contributed by atoms with E-state index in [-0.39, 0.29) is 0 Å². The molecule has 0 saturated heterocycles. The first-order valence-electron chi connectivity index (χ1n) is 3.60. The molecular weight excluding hydrogens is 120 g/mol. The van der Waals surface area contributed by atoms with Gasteiger partial charge in [0, 0.05) is 29.7 Å². The van der Waals surface area contributed by atoms with Crippen LogP contribution in [0.3, 0.4) is 0 Å². The standard InChI is InChI=1S/C10H13/c1-4-10-6-5-8(2)7-9(10)3/h4-7H,1-3H3/q+1. The molecule has 10 heavy (non-hydrogen) atoms. The summed E-state index contributed by atoms with van der Waals surface area (Å²) in [6.45, 7) is 6.33. The fraction of sp³-hybridized carbons (Fsp3) is 0.300. The fourth-order valence-corrected chi connectivity index (χ4v) is 1.15. The van der Waals surface area contributed by atoms with Crippen molar-refractivity contribution in [2.24, 2.45) is 0 Å². The summed E-state index contributed by atoms with van der Waals surface area (Å²) in [7, 11) is 0. The molecule has 0 saturated carbocycles. The molecule has 0 bridgehead atoms. The Kier molecular flexibility index (Phi) is 2.00. The van der Waals surface area contributed by atoms with E-state index in [1.165, 1.54) is 17.1 Å². The first kappa shape index (κ1) is 7.20. The van der Waals surface area contributed by atoms with Crippen LogP contribution >= 0.6 is 0 Å². The molecule has 0 unspecified atom stereocenters. The Morgan fingerprint density at radius 2 is 2.10 bits per heavy atom. The first-order valence-corrected chi connectivity index (χ1v) is 3.60. The molecule has 0 fully saturated rings. The van der Waals surface area contributed by atoms with E-state index in [1.807, 2.05) is 0 Å². The van der Waals surface area contributed by atoms with E-state index in [0.717, 1.165) is 0 Å². The van der Waals surface area contributed by atoms with Crippen LogP contribution in [0.5, 0.6) is 0 Å². The Morgan fingerprint density at radius 3 is 2.60 bits per heavy atom. The maximum atomic E-state index is 2.20. The normalized spacial score (nSPS) is 21.7. The van der Waals surface area contributed by atoms with Gasteiger partial charge in [-0.1, -0.05) is 0 Å². The van der Waals surface area contributed by atoms with Crippen molar-refractivity contribution in [1.29, 1.82) is 0 Å². The van der Waals surface area contributed by atoms with Crippen LogP contribution in [-0.2, 0) is 0 Å². The highest BCUT2D eigenvalue weighted by Gasteiger charge is 2.13. The molecule has 0 heterocycles. The van der Waals surface area contributed by atoms with Gasteiger partial charge in [-0.3, -0.25) is 0 Å². The lowest BCUT2D eigenvalue weighted by molar-refractivity contribution is 1.20. The molecule has 0 aliphatic heterocycles. The van der Waals surface area contributed by atoms with E-state index < -0.39 is 0 Å². The van der Waals surface area contributed by atoms with Gasteiger partial charge in [0.15, 0.2) is 0 Å². The van der Waals surface area contributed by atoms with Gasteiger partial charge in [-0.15, -0.1) is 0 Å². The van der Waals surface area contributed by atoms with Crippen molar-refractivity contribution < 1.29 is 0 Å². The van der Waals surface area contributed by atoms with Gasteiger partial charge < -0.3 is 0 Å². The van der Waals surface area contributed by atoms with Crippen LogP contribution in [0, 0.1) is 5.92 Å². The maximum absolute atomic E-state index is 2.20. The lowest BCUT2D eigenvalue weighted by Gasteiger charge is -2.04. The second-order valence-electron chi connectivity index (χ2n) is 2.65. The van der Waals surface area contributed by atoms with E-state index in [4.69, 9.17) is 0 Å². The van der Waals surface area contributed by atoms with E-state index >= 15 is 0 Å². The highest BCUT2D eigenvalue weighted by molar-refractivity contribution is 5.47. The van der Waals surface area contributed by atoms with E-state index in [9.17, 15) is 0 Å². The maximum Gasteiger partial charge on any atom is 0.0942 e. The van der Waals surface area contributed by atoms with Gasteiger partial charge >= 0.3 is 0 Å². The zero-order valence-electron chi connectivity index (χ0n) is 6.81. The Morgan fingerprint density at radius 1 is 1.40 bits per heavy atom. The minimum absolute atomic E-state index is 1.34. The summed E-state index contributed by atoms with van der Waals surface area (Å²) in [5.74, 6) is 1.36. The van der Waals surface area contributed by atoms with Gasteiger partial charge in [0.1, 0.15) is 0 Å². The van der Waals surface area contributed by atoms with Crippen LogP contribution < -0.4 is 0 Å². The van der Waals surface area contributed by atoms with Crippen molar-refractivity contribution in [3.05, 3.63) is 41.4 Å². The molecular formula is C10H13+. The number of allylic oxidation sites excluding steroid dienone is 6. The molecule has 0 aromatic rings. The van der Waals surface area contributed by atoms with Gasteiger partial charge in [-0.2, -0.15) is 0 Å². The average molecular weight is 133 g/mol. The minimum atomic E-state index is 1.34. The van der Waals surface area contributed by atoms with Gasteiger partial charge in [0.2, 0.25) is 0 Å². The van der Waals surface area contributed by atoms with Crippen molar-refractivity contribution >= 4 is 0 Å². The average Bonchev–Trinajstić information content (AvgIpc) is 1.88. The Balaban J connectivity index is 2.84. The Labute approximate surface area is 62.9 Å². The zero-order valence-corrected chi connectivity index (χ0v) is 6.81. The van der Waals surface area contributed by atoms with Crippen molar-refractivity contribution in [1.82, 2.24) is 0 Å². The van der Waals surface area contributed by atoms with Crippen LogP contribution in [0.15, 0.2) is 35.5 Å². The lowest BCUT2D eigenvalue weighted by atomic mass is 9.93. The molecule has 0 atom stereocenters. The SMILES string of the molecule is CC=C1C=CC(C)=C[C+]1C. The summed E-state index contributed by atoms with van der Waals surface area (Å²) in [6.07, 6.45) is 8.64. The molecule has 52 valence electrons. The Hall–Kier alpha value is -0.910. The Bertz CT molecular complexity index is 204. The summed E-state index contributed by atoms with van der Waals surface area (Å²) in [5.41, 5.74) is 2.67. The van der Waals surface area contributed by atoms with Crippen molar-refractivity contribution in [3.8, 4) is 0 Å². The number of rotatable bonds is 0. The molecule has 1 aliphatic rings. The van der Waals surface area contributed by atoms with Gasteiger partial charge in [0.25, 0.3) is 0 Å². The third kappa shape index (κ3) is 1.32. The minimum Gasteiger partial charge on any atom is -0.0110 e. The first-order chi connectivity index (χ1) is 4.74. The van der Waals surface area contributed by atoms with Crippen LogP contribution in [0.25, 0.3) is 0 Å². The van der Waals surface area contributed by atoms with E-state index in [2.05, 4.69) is 45.1 Å². The lowest BCUT2D eigenvalue weighted by Crippen LogP contribution is -1.95. The number of hydrogen-bond donors (Lipinski definition) is 0. The third-order valence-electron chi connectivity index (χ3n) is 1.74. The predicted octanol–water partition coefficient (Wildman–Crippen LogP) is 3.04. The van der Waals surface area contributed by atoms with Crippen LogP contribution in [-0.4, -0.2) is 0 Å². The highest BCUT2D eigenvalue weighted by Crippen LogP contribution is 2.22. The summed E-state index contributed by atoms with van der Waals surface area (Å²) in [6, 6.07) is 0. The quantitative estimate of drug-likeness (QED) is 0.445. The molecule has 1 rings (SSSR count). The monoisotopic (exact) mass is 133 g/mol. The number of hydrogen-bond acceptors (Lipinski definition) is 0. The van der Waals surface area contributed by atoms with E-state index in [1.54, 1.807) is 0 Å². The molecule has 0 nitrogen and oxygen atoms in total. The van der Waals surface area contributed by atoms with Crippen molar-refractivity contribution in [3.63, 3.8) is 0 Å². The summed E-state index contributed by atoms with van der Waals surface area (Å²) >= 11 is 0. The molecule has 1 aliphatic carbocycles. The zero-order chi connectivity index (χ0) is 7.56. The van der Waals surface area contributed by atoms with Gasteiger partial charge in [-0.25, -0.2) is 0 Å². The fourth-order valence-electron chi connectivity index (χ4n) is 1.15. The van der Waals surface area contributed by atoms with Gasteiger partial charge in [-0.05, 0) is 26.8 Å². The van der Waals surface area contributed by atoms with Crippen LogP contribution in [0.1, 0.15) is 20.8 Å². The topological polar surface area (TPSA) is 0 Å². The second kappa shape index (κ2) is 2.78.